The van der Waals surface area contributed by atoms with E-state index in [0.29, 0.717) is 23.4 Å². The first-order chi connectivity index (χ1) is 14.5. The van der Waals surface area contributed by atoms with Gasteiger partial charge in [-0.15, -0.1) is 0 Å². The number of hydrogen-bond donors (Lipinski definition) is 2. The van der Waals surface area contributed by atoms with Gasteiger partial charge in [0, 0.05) is 12.0 Å². The van der Waals surface area contributed by atoms with Crippen molar-refractivity contribution in [3.05, 3.63) is 87.8 Å². The van der Waals surface area contributed by atoms with Gasteiger partial charge in [0.05, 0.1) is 5.69 Å². The van der Waals surface area contributed by atoms with Crippen LogP contribution >= 0.6 is 0 Å². The molecule has 2 aromatic carbocycles. The summed E-state index contributed by atoms with van der Waals surface area (Å²) in [6.07, 6.45) is -0.287. The first-order valence-electron chi connectivity index (χ1n) is 9.56. The smallest absolute Gasteiger partial charge is 0.277 e. The summed E-state index contributed by atoms with van der Waals surface area (Å²) in [7, 11) is 0. The maximum absolute atomic E-state index is 12.9. The molecule has 0 aliphatic heterocycles. The number of benzene rings is 2. The van der Waals surface area contributed by atoms with E-state index < -0.39 is 12.0 Å². The molecule has 8 nitrogen and oxygen atoms in total. The summed E-state index contributed by atoms with van der Waals surface area (Å²) in [6, 6.07) is 18.8. The molecule has 0 radical (unpaired) electrons. The molecule has 0 bridgehead atoms. The van der Waals surface area contributed by atoms with E-state index in [1.54, 1.807) is 26.0 Å². The lowest BCUT2D eigenvalue weighted by atomic mass is 10.1. The van der Waals surface area contributed by atoms with Crippen LogP contribution in [0.25, 0.3) is 5.78 Å². The number of H-pyrrole nitrogens is 1. The highest BCUT2D eigenvalue weighted by Crippen LogP contribution is 2.13. The second-order valence-electron chi connectivity index (χ2n) is 6.91. The summed E-state index contributed by atoms with van der Waals surface area (Å²) >= 11 is 0. The maximum Gasteiger partial charge on any atom is 0.277 e. The Labute approximate surface area is 172 Å². The largest absolute Gasteiger partial charge is 0.481 e. The van der Waals surface area contributed by atoms with Crippen molar-refractivity contribution in [2.24, 2.45) is 0 Å². The van der Waals surface area contributed by atoms with E-state index in [9.17, 15) is 9.59 Å². The van der Waals surface area contributed by atoms with Gasteiger partial charge in [-0.1, -0.05) is 48.5 Å². The van der Waals surface area contributed by atoms with Crippen LogP contribution in [-0.4, -0.2) is 31.6 Å². The van der Waals surface area contributed by atoms with Gasteiger partial charge in [0.2, 0.25) is 5.95 Å². The van der Waals surface area contributed by atoms with E-state index in [4.69, 9.17) is 4.74 Å². The van der Waals surface area contributed by atoms with Gasteiger partial charge in [0.25, 0.3) is 17.2 Å². The molecule has 0 saturated carbocycles. The molecule has 0 unspecified atom stereocenters. The van der Waals surface area contributed by atoms with Gasteiger partial charge in [0.1, 0.15) is 5.75 Å². The number of fused-ring (bicyclic) bond motifs is 1. The van der Waals surface area contributed by atoms with Crippen LogP contribution in [-0.2, 0) is 11.2 Å². The lowest BCUT2D eigenvalue weighted by molar-refractivity contribution is -0.122. The summed E-state index contributed by atoms with van der Waals surface area (Å²) in [6.45, 7) is 3.42. The van der Waals surface area contributed by atoms with Gasteiger partial charge < -0.3 is 4.74 Å². The van der Waals surface area contributed by atoms with Gasteiger partial charge in [-0.25, -0.2) is 4.98 Å². The maximum atomic E-state index is 12.9. The van der Waals surface area contributed by atoms with Crippen molar-refractivity contribution < 1.29 is 9.53 Å². The number of carbonyl (C=O) groups excluding carboxylic acids is 1. The van der Waals surface area contributed by atoms with E-state index in [-0.39, 0.29) is 17.3 Å². The van der Waals surface area contributed by atoms with Gasteiger partial charge in [-0.05, 0) is 31.5 Å². The van der Waals surface area contributed by atoms with Crippen molar-refractivity contribution in [1.29, 1.82) is 0 Å². The quantitative estimate of drug-likeness (QED) is 0.515. The SMILES string of the molecule is Cc1nc2nc(NC(=O)[C@H](C)Oc3ccccc3)[nH]n2c(=O)c1Cc1ccccc1. The third kappa shape index (κ3) is 4.07. The highest BCUT2D eigenvalue weighted by Gasteiger charge is 2.18. The number of nitrogens with one attached hydrogen (secondary N) is 2. The second-order valence-corrected chi connectivity index (χ2v) is 6.91. The summed E-state index contributed by atoms with van der Waals surface area (Å²) in [5.41, 5.74) is 1.94. The Bertz CT molecular complexity index is 1230. The number of hydrogen-bond acceptors (Lipinski definition) is 5. The minimum Gasteiger partial charge on any atom is -0.481 e. The van der Waals surface area contributed by atoms with E-state index >= 15 is 0 Å². The van der Waals surface area contributed by atoms with E-state index in [1.165, 1.54) is 4.52 Å². The highest BCUT2D eigenvalue weighted by molar-refractivity contribution is 5.92. The van der Waals surface area contributed by atoms with Crippen LogP contribution in [0.4, 0.5) is 5.95 Å². The molecule has 1 amide bonds. The predicted octanol–water partition coefficient (Wildman–Crippen LogP) is 2.72. The fourth-order valence-electron chi connectivity index (χ4n) is 3.09. The number of aromatic amines is 1. The fraction of sp³-hybridized carbons (Fsp3) is 0.182. The molecule has 4 aromatic rings. The third-order valence-corrected chi connectivity index (χ3v) is 4.69. The summed E-state index contributed by atoms with van der Waals surface area (Å²) in [4.78, 5) is 34.0. The number of ether oxygens (including phenoxy) is 1. The van der Waals surface area contributed by atoms with Crippen LogP contribution in [0.1, 0.15) is 23.7 Å². The lowest BCUT2D eigenvalue weighted by Crippen LogP contribution is -2.30. The van der Waals surface area contributed by atoms with Crippen molar-refractivity contribution in [3.63, 3.8) is 0 Å². The number of aromatic nitrogens is 4. The standard InChI is InChI=1S/C22H21N5O3/c1-14-18(13-16-9-5-3-6-10-16)20(29)27-22(23-14)25-21(26-27)24-19(28)15(2)30-17-11-7-4-8-12-17/h3-12,15H,13H2,1-2H3,(H2,23,24,25,26,28)/t15-/m0/s1. The van der Waals surface area contributed by atoms with Crippen molar-refractivity contribution in [2.45, 2.75) is 26.4 Å². The van der Waals surface area contributed by atoms with E-state index in [2.05, 4.69) is 20.4 Å². The van der Waals surface area contributed by atoms with Crippen molar-refractivity contribution in [3.8, 4) is 5.75 Å². The Hall–Kier alpha value is -3.94. The molecule has 8 heteroatoms. The molecule has 2 N–H and O–H groups in total. The Morgan fingerprint density at radius 1 is 1.10 bits per heavy atom. The van der Waals surface area contributed by atoms with E-state index in [0.717, 1.165) is 5.56 Å². The van der Waals surface area contributed by atoms with Gasteiger partial charge in [-0.3, -0.25) is 20.0 Å². The van der Waals surface area contributed by atoms with Crippen molar-refractivity contribution in [1.82, 2.24) is 19.6 Å². The molecule has 152 valence electrons. The number of carbonyl (C=O) groups is 1. The van der Waals surface area contributed by atoms with Crippen LogP contribution in [0.15, 0.2) is 65.5 Å². The Morgan fingerprint density at radius 2 is 1.77 bits per heavy atom. The van der Waals surface area contributed by atoms with Crippen LogP contribution in [0.2, 0.25) is 0 Å². The second kappa shape index (κ2) is 8.20. The first-order valence-corrected chi connectivity index (χ1v) is 9.56. The number of rotatable bonds is 6. The first kappa shape index (κ1) is 19.4. The zero-order valence-electron chi connectivity index (χ0n) is 16.6. The minimum atomic E-state index is -0.749. The number of para-hydroxylation sites is 1. The minimum absolute atomic E-state index is 0.129. The monoisotopic (exact) mass is 403 g/mol. The molecule has 2 aromatic heterocycles. The topological polar surface area (TPSA) is 101 Å². The number of amides is 1. The Morgan fingerprint density at radius 3 is 2.47 bits per heavy atom. The van der Waals surface area contributed by atoms with Crippen LogP contribution < -0.4 is 15.6 Å². The Kier molecular flexibility index (Phi) is 5.30. The van der Waals surface area contributed by atoms with Crippen LogP contribution in [0.3, 0.4) is 0 Å². The number of nitrogens with zero attached hydrogens (tertiary/aromatic N) is 3. The molecule has 30 heavy (non-hydrogen) atoms. The molecule has 4 rings (SSSR count). The molecule has 0 aliphatic carbocycles. The summed E-state index contributed by atoms with van der Waals surface area (Å²) < 4.78 is 6.85. The fourth-order valence-corrected chi connectivity index (χ4v) is 3.09. The zero-order valence-corrected chi connectivity index (χ0v) is 16.6. The van der Waals surface area contributed by atoms with Crippen LogP contribution in [0.5, 0.6) is 5.75 Å². The summed E-state index contributed by atoms with van der Waals surface area (Å²) in [5.74, 6) is 0.515. The summed E-state index contributed by atoms with van der Waals surface area (Å²) in [5, 5.41) is 5.45. The molecule has 1 atom stereocenters. The van der Waals surface area contributed by atoms with Crippen LogP contribution in [0, 0.1) is 6.92 Å². The zero-order chi connectivity index (χ0) is 21.1. The highest BCUT2D eigenvalue weighted by atomic mass is 16.5. The predicted molar refractivity (Wildman–Crippen MR) is 113 cm³/mol. The molecular weight excluding hydrogens is 382 g/mol. The van der Waals surface area contributed by atoms with Gasteiger partial charge in [0.15, 0.2) is 6.10 Å². The van der Waals surface area contributed by atoms with Gasteiger partial charge in [-0.2, -0.15) is 9.50 Å². The van der Waals surface area contributed by atoms with Crippen molar-refractivity contribution >= 4 is 17.6 Å². The third-order valence-electron chi connectivity index (χ3n) is 4.69. The number of aryl methyl sites for hydroxylation is 1. The molecule has 0 aliphatic rings. The number of anilines is 1. The molecule has 0 spiro atoms. The van der Waals surface area contributed by atoms with Gasteiger partial charge >= 0.3 is 0 Å². The van der Waals surface area contributed by atoms with E-state index in [1.807, 2.05) is 48.5 Å². The molecule has 2 heterocycles. The van der Waals surface area contributed by atoms with Crippen molar-refractivity contribution in [2.75, 3.05) is 5.32 Å². The Balaban J connectivity index is 1.55. The lowest BCUT2D eigenvalue weighted by Gasteiger charge is -2.13. The normalized spacial score (nSPS) is 11.9. The average molecular weight is 403 g/mol. The average Bonchev–Trinajstić information content (AvgIpc) is 3.15. The molecular formula is C22H21N5O3. The molecule has 0 fully saturated rings. The molecule has 0 saturated heterocycles.